The van der Waals surface area contributed by atoms with Gasteiger partial charge in [0.1, 0.15) is 0 Å². The van der Waals surface area contributed by atoms with Crippen LogP contribution in [0.3, 0.4) is 0 Å². The molecular formula is C26H37N3O4S. The van der Waals surface area contributed by atoms with E-state index in [4.69, 9.17) is 4.74 Å². The zero-order valence-corrected chi connectivity index (χ0v) is 21.5. The summed E-state index contributed by atoms with van der Waals surface area (Å²) in [6, 6.07) is 7.14. The van der Waals surface area contributed by atoms with E-state index in [2.05, 4.69) is 9.88 Å². The van der Waals surface area contributed by atoms with Gasteiger partial charge in [0, 0.05) is 49.8 Å². The predicted octanol–water partition coefficient (Wildman–Crippen LogP) is 4.22. The normalized spacial score (nSPS) is 19.4. The Kier molecular flexibility index (Phi) is 7.50. The highest BCUT2D eigenvalue weighted by Crippen LogP contribution is 2.38. The Labute approximate surface area is 203 Å². The molecule has 1 N–H and O–H groups in total. The number of hydrogen-bond acceptors (Lipinski definition) is 6. The molecule has 3 heterocycles. The lowest BCUT2D eigenvalue weighted by Gasteiger charge is -2.37. The number of aliphatic hydroxyl groups excluding tert-OH is 1. The third kappa shape index (κ3) is 5.24. The van der Waals surface area contributed by atoms with Crippen molar-refractivity contribution in [3.05, 3.63) is 47.3 Å². The quantitative estimate of drug-likeness (QED) is 0.630. The van der Waals surface area contributed by atoms with Gasteiger partial charge in [0.2, 0.25) is 0 Å². The molecule has 0 radical (unpaired) electrons. The summed E-state index contributed by atoms with van der Waals surface area (Å²) in [4.78, 5) is 6.87. The van der Waals surface area contributed by atoms with Gasteiger partial charge in [0.25, 0.3) is 10.0 Å². The summed E-state index contributed by atoms with van der Waals surface area (Å²) in [5.41, 5.74) is 3.95. The van der Waals surface area contributed by atoms with Gasteiger partial charge in [-0.3, -0.25) is 9.29 Å². The molecule has 0 spiro atoms. The van der Waals surface area contributed by atoms with Gasteiger partial charge in [-0.25, -0.2) is 8.42 Å². The molecular weight excluding hydrogens is 450 g/mol. The van der Waals surface area contributed by atoms with Gasteiger partial charge < -0.3 is 14.7 Å². The largest absolute Gasteiger partial charge is 0.388 e. The summed E-state index contributed by atoms with van der Waals surface area (Å²) >= 11 is 0. The highest BCUT2D eigenvalue weighted by atomic mass is 32.2. The summed E-state index contributed by atoms with van der Waals surface area (Å²) in [6.07, 6.45) is 3.64. The van der Waals surface area contributed by atoms with E-state index in [-0.39, 0.29) is 10.8 Å². The first-order valence-corrected chi connectivity index (χ1v) is 13.7. The second-order valence-electron chi connectivity index (χ2n) is 10.1. The van der Waals surface area contributed by atoms with Crippen molar-refractivity contribution in [3.8, 4) is 0 Å². The van der Waals surface area contributed by atoms with Crippen molar-refractivity contribution < 1.29 is 18.3 Å². The fourth-order valence-electron chi connectivity index (χ4n) is 4.97. The molecule has 1 unspecified atom stereocenters. The molecule has 0 aliphatic carbocycles. The molecule has 7 nitrogen and oxygen atoms in total. The van der Waals surface area contributed by atoms with E-state index in [9.17, 15) is 13.5 Å². The van der Waals surface area contributed by atoms with Crippen molar-refractivity contribution in [2.75, 3.05) is 42.1 Å². The minimum atomic E-state index is -3.84. The van der Waals surface area contributed by atoms with Crippen molar-refractivity contribution in [2.45, 2.75) is 58.0 Å². The number of benzene rings is 1. The number of anilines is 2. The number of pyridine rings is 1. The lowest BCUT2D eigenvalue weighted by Crippen LogP contribution is -2.38. The molecule has 1 saturated heterocycles. The minimum absolute atomic E-state index is 0.133. The number of sulfonamides is 1. The van der Waals surface area contributed by atoms with Crippen molar-refractivity contribution >= 4 is 21.4 Å². The van der Waals surface area contributed by atoms with Gasteiger partial charge in [-0.2, -0.15) is 0 Å². The molecule has 4 rings (SSSR count). The van der Waals surface area contributed by atoms with Crippen LogP contribution in [0.5, 0.6) is 0 Å². The SMILES string of the molecule is Cc1cc(C)c(N(CC(C)C)S(=O)(=O)c2ccc3c(c2)C(O)CCN3CC2CCOCC2)cn1. The molecule has 186 valence electrons. The standard InChI is InChI=1S/C26H37N3O4S/c1-18(2)16-29(25-15-27-20(4)13-19(25)3)34(31,32)22-5-6-24-23(14-22)26(30)7-10-28(24)17-21-8-11-33-12-9-21/h5-6,13-15,18,21,26,30H,7-12,16-17H2,1-4H3. The lowest BCUT2D eigenvalue weighted by molar-refractivity contribution is 0.0675. The van der Waals surface area contributed by atoms with E-state index in [1.807, 2.05) is 39.8 Å². The summed E-state index contributed by atoms with van der Waals surface area (Å²) < 4.78 is 34.7. The number of aromatic nitrogens is 1. The zero-order chi connectivity index (χ0) is 24.5. The summed E-state index contributed by atoms with van der Waals surface area (Å²) in [6.45, 7) is 11.4. The van der Waals surface area contributed by atoms with Crippen LogP contribution < -0.4 is 9.21 Å². The van der Waals surface area contributed by atoms with E-state index in [1.165, 1.54) is 4.31 Å². The van der Waals surface area contributed by atoms with Crippen molar-refractivity contribution in [2.24, 2.45) is 11.8 Å². The average molecular weight is 488 g/mol. The van der Waals surface area contributed by atoms with Gasteiger partial charge >= 0.3 is 0 Å². The number of aryl methyl sites for hydroxylation is 2. The van der Waals surface area contributed by atoms with Crippen molar-refractivity contribution in [1.29, 1.82) is 0 Å². The second kappa shape index (κ2) is 10.2. The highest BCUT2D eigenvalue weighted by Gasteiger charge is 2.31. The third-order valence-corrected chi connectivity index (χ3v) is 8.57. The van der Waals surface area contributed by atoms with Gasteiger partial charge in [0.15, 0.2) is 0 Å². The summed E-state index contributed by atoms with van der Waals surface area (Å²) in [7, 11) is -3.84. The molecule has 8 heteroatoms. The van der Waals surface area contributed by atoms with Crippen molar-refractivity contribution in [3.63, 3.8) is 0 Å². The Bertz CT molecular complexity index is 1110. The fraction of sp³-hybridized carbons (Fsp3) is 0.577. The molecule has 0 bridgehead atoms. The summed E-state index contributed by atoms with van der Waals surface area (Å²) in [5.74, 6) is 0.687. The molecule has 34 heavy (non-hydrogen) atoms. The third-order valence-electron chi connectivity index (χ3n) is 6.80. The Morgan fingerprint density at radius 2 is 1.91 bits per heavy atom. The predicted molar refractivity (Wildman–Crippen MR) is 135 cm³/mol. The molecule has 0 amide bonds. The molecule has 1 aromatic heterocycles. The van der Waals surface area contributed by atoms with Crippen LogP contribution in [0.2, 0.25) is 0 Å². The van der Waals surface area contributed by atoms with Crippen molar-refractivity contribution in [1.82, 2.24) is 4.98 Å². The Morgan fingerprint density at radius 3 is 2.59 bits per heavy atom. The van der Waals surface area contributed by atoms with Crippen LogP contribution in [-0.4, -0.2) is 51.4 Å². The van der Waals surface area contributed by atoms with Crippen LogP contribution in [0.1, 0.15) is 56.0 Å². The number of rotatable bonds is 7. The maximum Gasteiger partial charge on any atom is 0.264 e. The Morgan fingerprint density at radius 1 is 1.18 bits per heavy atom. The average Bonchev–Trinajstić information content (AvgIpc) is 2.80. The maximum atomic E-state index is 13.9. The maximum absolute atomic E-state index is 13.9. The Hall–Kier alpha value is -2.16. The van der Waals surface area contributed by atoms with Gasteiger partial charge in [-0.05, 0) is 74.8 Å². The molecule has 0 saturated carbocycles. The van der Waals surface area contributed by atoms with Crippen LogP contribution >= 0.6 is 0 Å². The minimum Gasteiger partial charge on any atom is -0.388 e. The topological polar surface area (TPSA) is 83.0 Å². The van der Waals surface area contributed by atoms with E-state index >= 15 is 0 Å². The van der Waals surface area contributed by atoms with Crippen LogP contribution in [0, 0.1) is 25.7 Å². The molecule has 2 aliphatic rings. The van der Waals surface area contributed by atoms with E-state index < -0.39 is 16.1 Å². The van der Waals surface area contributed by atoms with Gasteiger partial charge in [0.05, 0.1) is 22.9 Å². The zero-order valence-electron chi connectivity index (χ0n) is 20.7. The lowest BCUT2D eigenvalue weighted by atomic mass is 9.95. The molecule has 2 aliphatic heterocycles. The first-order chi connectivity index (χ1) is 16.2. The molecule has 1 fully saturated rings. The monoisotopic (exact) mass is 487 g/mol. The van der Waals surface area contributed by atoms with Crippen LogP contribution in [0.15, 0.2) is 35.4 Å². The van der Waals surface area contributed by atoms with E-state index in [1.54, 1.807) is 18.3 Å². The van der Waals surface area contributed by atoms with Crippen LogP contribution in [0.4, 0.5) is 11.4 Å². The number of ether oxygens (including phenoxy) is 1. The highest BCUT2D eigenvalue weighted by molar-refractivity contribution is 7.92. The number of hydrogen-bond donors (Lipinski definition) is 1. The van der Waals surface area contributed by atoms with E-state index in [0.29, 0.717) is 30.1 Å². The van der Waals surface area contributed by atoms with Gasteiger partial charge in [-0.1, -0.05) is 13.8 Å². The smallest absolute Gasteiger partial charge is 0.264 e. The number of aliphatic hydroxyl groups is 1. The Balaban J connectivity index is 1.69. The number of nitrogens with zero attached hydrogens (tertiary/aromatic N) is 3. The number of fused-ring (bicyclic) bond motifs is 1. The first-order valence-electron chi connectivity index (χ1n) is 12.3. The second-order valence-corrected chi connectivity index (χ2v) is 11.9. The first kappa shape index (κ1) is 24.9. The van der Waals surface area contributed by atoms with Gasteiger partial charge in [-0.15, -0.1) is 0 Å². The molecule has 2 aromatic rings. The summed E-state index contributed by atoms with van der Waals surface area (Å²) in [5, 5.41) is 10.8. The molecule has 1 aromatic carbocycles. The molecule has 1 atom stereocenters. The van der Waals surface area contributed by atoms with E-state index in [0.717, 1.165) is 56.1 Å². The fourth-order valence-corrected chi connectivity index (χ4v) is 6.68. The van der Waals surface area contributed by atoms with Crippen LogP contribution in [-0.2, 0) is 14.8 Å². The van der Waals surface area contributed by atoms with Crippen LogP contribution in [0.25, 0.3) is 0 Å².